The molecular weight excluding hydrogens is 364 g/mol. The van der Waals surface area contributed by atoms with Gasteiger partial charge in [0.1, 0.15) is 5.92 Å². The summed E-state index contributed by atoms with van der Waals surface area (Å²) in [5, 5.41) is 15.4. The number of amides is 1. The van der Waals surface area contributed by atoms with Gasteiger partial charge in [-0.15, -0.1) is 0 Å². The van der Waals surface area contributed by atoms with E-state index in [4.69, 9.17) is 4.98 Å². The zero-order valence-electron chi connectivity index (χ0n) is 15.6. The van der Waals surface area contributed by atoms with E-state index in [9.17, 15) is 10.1 Å². The summed E-state index contributed by atoms with van der Waals surface area (Å²) in [6.07, 6.45) is 4.49. The summed E-state index contributed by atoms with van der Waals surface area (Å²) >= 11 is 0. The van der Waals surface area contributed by atoms with Crippen molar-refractivity contribution in [1.29, 1.82) is 5.26 Å². The average molecular weight is 382 g/mol. The van der Waals surface area contributed by atoms with Crippen molar-refractivity contribution in [3.8, 4) is 6.07 Å². The lowest BCUT2D eigenvalue weighted by atomic mass is 9.92. The molecule has 0 bridgehead atoms. The minimum Gasteiger partial charge on any atom is -0.349 e. The van der Waals surface area contributed by atoms with Gasteiger partial charge in [-0.3, -0.25) is 9.78 Å². The molecule has 3 heterocycles. The molecule has 1 amide bonds. The second-order valence-corrected chi connectivity index (χ2v) is 7.22. The second-order valence-electron chi connectivity index (χ2n) is 7.22. The van der Waals surface area contributed by atoms with Gasteiger partial charge >= 0.3 is 0 Å². The Bertz CT molecular complexity index is 1150. The van der Waals surface area contributed by atoms with Crippen LogP contribution in [0.25, 0.3) is 0 Å². The third-order valence-electron chi connectivity index (χ3n) is 5.40. The largest absolute Gasteiger partial charge is 0.349 e. The lowest BCUT2D eigenvalue weighted by molar-refractivity contribution is -0.116. The first-order valence-electron chi connectivity index (χ1n) is 9.61. The minimum absolute atomic E-state index is 0.112. The van der Waals surface area contributed by atoms with Crippen LogP contribution < -0.4 is 10.6 Å². The molecule has 142 valence electrons. The maximum absolute atomic E-state index is 12.8. The van der Waals surface area contributed by atoms with Gasteiger partial charge in [0.25, 0.3) is 0 Å². The first-order valence-corrected chi connectivity index (χ1v) is 9.61. The quantitative estimate of drug-likeness (QED) is 0.719. The Kier molecular flexibility index (Phi) is 4.17. The van der Waals surface area contributed by atoms with Crippen LogP contribution in [0.4, 0.5) is 11.6 Å². The molecule has 0 saturated heterocycles. The molecule has 3 aromatic rings. The molecule has 0 spiro atoms. The number of nitrogens with zero attached hydrogens (tertiary/aromatic N) is 4. The number of nitrogens with one attached hydrogen (secondary N) is 2. The molecule has 0 radical (unpaired) electrons. The van der Waals surface area contributed by atoms with E-state index in [1.807, 2.05) is 18.2 Å². The highest BCUT2D eigenvalue weighted by Gasteiger charge is 2.36. The van der Waals surface area contributed by atoms with E-state index in [0.29, 0.717) is 18.1 Å². The maximum atomic E-state index is 12.8. The second kappa shape index (κ2) is 6.99. The molecule has 7 nitrogen and oxygen atoms in total. The predicted octanol–water partition coefficient (Wildman–Crippen LogP) is 2.93. The summed E-state index contributed by atoms with van der Waals surface area (Å²) in [5.74, 6) is -0.133. The number of aromatic nitrogens is 3. The molecule has 1 unspecified atom stereocenters. The van der Waals surface area contributed by atoms with Crippen LogP contribution in [0.15, 0.2) is 42.6 Å². The number of anilines is 2. The molecular formula is C22H18N6O. The van der Waals surface area contributed by atoms with Gasteiger partial charge in [0.05, 0.1) is 29.6 Å². The van der Waals surface area contributed by atoms with Crippen LogP contribution in [0.2, 0.25) is 0 Å². The molecule has 2 N–H and O–H groups in total. The molecule has 29 heavy (non-hydrogen) atoms. The molecule has 1 atom stereocenters. The van der Waals surface area contributed by atoms with Gasteiger partial charge in [-0.2, -0.15) is 5.26 Å². The fraction of sp³-hybridized carbons (Fsp3) is 0.227. The Labute approximate surface area is 167 Å². The number of hydrogen-bond donors (Lipinski definition) is 2. The van der Waals surface area contributed by atoms with Crippen molar-refractivity contribution in [3.05, 3.63) is 76.4 Å². The van der Waals surface area contributed by atoms with Crippen molar-refractivity contribution >= 4 is 17.5 Å². The van der Waals surface area contributed by atoms with E-state index in [2.05, 4.69) is 26.7 Å². The smallest absolute Gasteiger partial charge is 0.238 e. The fourth-order valence-electron chi connectivity index (χ4n) is 4.05. The van der Waals surface area contributed by atoms with Gasteiger partial charge in [-0.05, 0) is 60.7 Å². The van der Waals surface area contributed by atoms with Crippen LogP contribution in [-0.4, -0.2) is 20.9 Å². The molecule has 1 aliphatic carbocycles. The van der Waals surface area contributed by atoms with Crippen LogP contribution in [0.5, 0.6) is 0 Å². The first kappa shape index (κ1) is 17.3. The summed E-state index contributed by atoms with van der Waals surface area (Å²) in [4.78, 5) is 26.6. The van der Waals surface area contributed by atoms with Gasteiger partial charge in [0.15, 0.2) is 0 Å². The summed E-state index contributed by atoms with van der Waals surface area (Å²) in [5.41, 5.74) is 5.76. The highest BCUT2D eigenvalue weighted by Crippen LogP contribution is 2.40. The van der Waals surface area contributed by atoms with Crippen molar-refractivity contribution < 1.29 is 4.79 Å². The van der Waals surface area contributed by atoms with E-state index in [0.717, 1.165) is 53.2 Å². The van der Waals surface area contributed by atoms with E-state index in [-0.39, 0.29) is 5.91 Å². The Morgan fingerprint density at radius 2 is 2.14 bits per heavy atom. The fourth-order valence-corrected chi connectivity index (χ4v) is 4.05. The highest BCUT2D eigenvalue weighted by atomic mass is 16.2. The zero-order valence-corrected chi connectivity index (χ0v) is 15.6. The zero-order chi connectivity index (χ0) is 19.8. The SMILES string of the molecule is N#Cc1ccc2c(c1)C(c1nc(NCc3ccccn3)nc3c1CCC3)C(=O)N2. The van der Waals surface area contributed by atoms with Crippen molar-refractivity contribution in [2.75, 3.05) is 10.6 Å². The van der Waals surface area contributed by atoms with Crippen molar-refractivity contribution in [2.45, 2.75) is 31.7 Å². The Balaban J connectivity index is 1.55. The molecule has 2 aliphatic rings. The number of fused-ring (bicyclic) bond motifs is 2. The van der Waals surface area contributed by atoms with Crippen molar-refractivity contribution in [3.63, 3.8) is 0 Å². The first-order chi connectivity index (χ1) is 14.2. The molecule has 0 saturated carbocycles. The van der Waals surface area contributed by atoms with Crippen molar-refractivity contribution in [1.82, 2.24) is 15.0 Å². The number of pyridine rings is 1. The van der Waals surface area contributed by atoms with Crippen LogP contribution in [-0.2, 0) is 24.2 Å². The van der Waals surface area contributed by atoms with Gasteiger partial charge in [-0.1, -0.05) is 6.07 Å². The Morgan fingerprint density at radius 1 is 1.21 bits per heavy atom. The lowest BCUT2D eigenvalue weighted by Crippen LogP contribution is -2.18. The van der Waals surface area contributed by atoms with E-state index in [1.165, 1.54) is 0 Å². The van der Waals surface area contributed by atoms with Crippen LogP contribution in [0.3, 0.4) is 0 Å². The molecule has 5 rings (SSSR count). The number of hydrogen-bond acceptors (Lipinski definition) is 6. The number of nitriles is 1. The van der Waals surface area contributed by atoms with Gasteiger partial charge < -0.3 is 10.6 Å². The van der Waals surface area contributed by atoms with E-state index >= 15 is 0 Å². The van der Waals surface area contributed by atoms with Gasteiger partial charge in [0, 0.05) is 17.6 Å². The van der Waals surface area contributed by atoms with E-state index < -0.39 is 5.92 Å². The lowest BCUT2D eigenvalue weighted by Gasteiger charge is -2.15. The maximum Gasteiger partial charge on any atom is 0.238 e. The van der Waals surface area contributed by atoms with Gasteiger partial charge in [-0.25, -0.2) is 9.97 Å². The molecule has 2 aromatic heterocycles. The summed E-state index contributed by atoms with van der Waals surface area (Å²) in [7, 11) is 0. The summed E-state index contributed by atoms with van der Waals surface area (Å²) < 4.78 is 0. The minimum atomic E-state index is -0.524. The van der Waals surface area contributed by atoms with Crippen LogP contribution >= 0.6 is 0 Å². The normalized spacial score (nSPS) is 16.7. The number of rotatable bonds is 4. The summed E-state index contributed by atoms with van der Waals surface area (Å²) in [6.45, 7) is 0.505. The van der Waals surface area contributed by atoms with E-state index in [1.54, 1.807) is 24.4 Å². The van der Waals surface area contributed by atoms with Crippen molar-refractivity contribution in [2.24, 2.45) is 0 Å². The number of aryl methyl sites for hydroxylation is 1. The number of carbonyl (C=O) groups excluding carboxylic acids is 1. The molecule has 0 fully saturated rings. The topological polar surface area (TPSA) is 104 Å². The third kappa shape index (κ3) is 3.09. The molecule has 1 aromatic carbocycles. The Morgan fingerprint density at radius 3 is 2.97 bits per heavy atom. The average Bonchev–Trinajstić information content (AvgIpc) is 3.35. The van der Waals surface area contributed by atoms with Gasteiger partial charge in [0.2, 0.25) is 11.9 Å². The Hall–Kier alpha value is -3.79. The molecule has 7 heteroatoms. The molecule has 1 aliphatic heterocycles. The predicted molar refractivity (Wildman–Crippen MR) is 107 cm³/mol. The highest BCUT2D eigenvalue weighted by molar-refractivity contribution is 6.05. The monoisotopic (exact) mass is 382 g/mol. The standard InChI is InChI=1S/C22H18N6O/c23-11-13-7-8-18-16(10-13)19(21(29)26-18)20-15-5-3-6-17(15)27-22(28-20)25-12-14-4-1-2-9-24-14/h1-2,4,7-10,19H,3,5-6,12H2,(H,26,29)(H,25,27,28). The summed E-state index contributed by atoms with van der Waals surface area (Å²) in [6, 6.07) is 13.2. The van der Waals surface area contributed by atoms with Crippen LogP contribution in [0.1, 0.15) is 46.1 Å². The van der Waals surface area contributed by atoms with Crippen LogP contribution in [0, 0.1) is 11.3 Å². The third-order valence-corrected chi connectivity index (χ3v) is 5.40. The number of carbonyl (C=O) groups is 1. The number of benzene rings is 1.